The molecule has 1 aliphatic heterocycles. The Morgan fingerprint density at radius 2 is 2.25 bits per heavy atom. The van der Waals surface area contributed by atoms with Crippen LogP contribution in [0.15, 0.2) is 11.3 Å². The standard InChI is InChI=1S/C10H17O5P/c1-4-14-16(12)7-5-6-9(8(2)15-16)10(11)13-3/h4-7H2,1-3H3. The van der Waals surface area contributed by atoms with E-state index in [2.05, 4.69) is 4.74 Å². The normalized spacial score (nSPS) is 25.9. The highest BCUT2D eigenvalue weighted by molar-refractivity contribution is 7.53. The second kappa shape index (κ2) is 5.51. The second-order valence-electron chi connectivity index (χ2n) is 3.47. The van der Waals surface area contributed by atoms with Gasteiger partial charge in [0.2, 0.25) is 0 Å². The Morgan fingerprint density at radius 1 is 1.56 bits per heavy atom. The number of rotatable bonds is 3. The van der Waals surface area contributed by atoms with Crippen LogP contribution in [0.2, 0.25) is 0 Å². The van der Waals surface area contributed by atoms with Crippen molar-refractivity contribution in [2.75, 3.05) is 19.9 Å². The first-order chi connectivity index (χ1) is 7.52. The minimum absolute atomic E-state index is 0.331. The molecule has 0 amide bonds. The molecule has 1 rings (SSSR count). The van der Waals surface area contributed by atoms with Crippen LogP contribution in [-0.2, 0) is 23.1 Å². The minimum Gasteiger partial charge on any atom is -0.466 e. The first kappa shape index (κ1) is 13.3. The number of carbonyl (C=O) groups excluding carboxylic acids is 1. The fraction of sp³-hybridized carbons (Fsp3) is 0.700. The summed E-state index contributed by atoms with van der Waals surface area (Å²) in [7, 11) is -1.75. The lowest BCUT2D eigenvalue weighted by Gasteiger charge is -2.16. The van der Waals surface area contributed by atoms with Crippen molar-refractivity contribution in [3.8, 4) is 0 Å². The molecule has 0 fully saturated rings. The molecule has 16 heavy (non-hydrogen) atoms. The van der Waals surface area contributed by atoms with Crippen LogP contribution in [0.3, 0.4) is 0 Å². The Morgan fingerprint density at radius 3 is 2.81 bits per heavy atom. The van der Waals surface area contributed by atoms with E-state index in [4.69, 9.17) is 9.05 Å². The summed E-state index contributed by atoms with van der Waals surface area (Å²) in [5.74, 6) is -0.0800. The molecule has 1 heterocycles. The molecular formula is C10H17O5P. The number of carbonyl (C=O) groups is 1. The number of ether oxygens (including phenoxy) is 1. The first-order valence-corrected chi connectivity index (χ1v) is 6.96. The van der Waals surface area contributed by atoms with Gasteiger partial charge < -0.3 is 13.8 Å². The molecule has 0 aromatic rings. The Labute approximate surface area is 95.3 Å². The van der Waals surface area contributed by atoms with E-state index in [-0.39, 0.29) is 0 Å². The topological polar surface area (TPSA) is 61.8 Å². The molecule has 0 bridgehead atoms. The van der Waals surface area contributed by atoms with Crippen LogP contribution in [0, 0.1) is 0 Å². The average Bonchev–Trinajstić information content (AvgIpc) is 2.36. The number of allylic oxidation sites excluding steroid dienone is 1. The van der Waals surface area contributed by atoms with Gasteiger partial charge in [0.15, 0.2) is 0 Å². The summed E-state index contributed by atoms with van der Waals surface area (Å²) < 4.78 is 27.1. The van der Waals surface area contributed by atoms with Gasteiger partial charge in [0, 0.05) is 0 Å². The molecule has 1 unspecified atom stereocenters. The largest absolute Gasteiger partial charge is 0.466 e. The minimum atomic E-state index is -3.07. The molecule has 92 valence electrons. The molecule has 0 saturated heterocycles. The summed E-state index contributed by atoms with van der Waals surface area (Å²) in [6, 6.07) is 0. The SMILES string of the molecule is CCOP1(=O)CCCC(C(=O)OC)=C(C)O1. The number of hydrogen-bond acceptors (Lipinski definition) is 5. The van der Waals surface area contributed by atoms with Crippen LogP contribution >= 0.6 is 7.60 Å². The van der Waals surface area contributed by atoms with Crippen LogP contribution in [0.4, 0.5) is 0 Å². The van der Waals surface area contributed by atoms with E-state index >= 15 is 0 Å². The fourth-order valence-electron chi connectivity index (χ4n) is 1.59. The van der Waals surface area contributed by atoms with Crippen LogP contribution in [0.25, 0.3) is 0 Å². The Bertz CT molecular complexity index is 347. The van der Waals surface area contributed by atoms with E-state index in [0.29, 0.717) is 36.9 Å². The quantitative estimate of drug-likeness (QED) is 0.567. The monoisotopic (exact) mass is 248 g/mol. The number of hydrogen-bond donors (Lipinski definition) is 0. The van der Waals surface area contributed by atoms with Crippen molar-refractivity contribution >= 4 is 13.6 Å². The lowest BCUT2D eigenvalue weighted by molar-refractivity contribution is -0.136. The highest BCUT2D eigenvalue weighted by atomic mass is 31.2. The molecule has 0 spiro atoms. The second-order valence-corrected chi connectivity index (χ2v) is 5.58. The molecule has 5 nitrogen and oxygen atoms in total. The highest BCUT2D eigenvalue weighted by Crippen LogP contribution is 2.53. The summed E-state index contributed by atoms with van der Waals surface area (Å²) in [4.78, 5) is 11.4. The van der Waals surface area contributed by atoms with E-state index in [1.165, 1.54) is 7.11 Å². The highest BCUT2D eigenvalue weighted by Gasteiger charge is 2.31. The molecular weight excluding hydrogens is 231 g/mol. The van der Waals surface area contributed by atoms with Crippen LogP contribution < -0.4 is 0 Å². The van der Waals surface area contributed by atoms with Crippen molar-refractivity contribution in [2.45, 2.75) is 26.7 Å². The Balaban J connectivity index is 2.90. The van der Waals surface area contributed by atoms with Crippen molar-refractivity contribution in [2.24, 2.45) is 0 Å². The molecule has 1 aliphatic rings. The zero-order valence-electron chi connectivity index (χ0n) is 9.82. The van der Waals surface area contributed by atoms with Gasteiger partial charge >= 0.3 is 13.6 Å². The van der Waals surface area contributed by atoms with E-state index < -0.39 is 13.6 Å². The first-order valence-electron chi connectivity index (χ1n) is 5.23. The smallest absolute Gasteiger partial charge is 0.378 e. The van der Waals surface area contributed by atoms with E-state index in [0.717, 1.165) is 0 Å². The molecule has 0 aromatic heterocycles. The Hall–Kier alpha value is -0.800. The average molecular weight is 248 g/mol. The number of methoxy groups -OCH3 is 1. The summed E-state index contributed by atoms with van der Waals surface area (Å²) in [6.45, 7) is 3.70. The summed E-state index contributed by atoms with van der Waals surface area (Å²) in [5, 5.41) is 0. The van der Waals surface area contributed by atoms with Gasteiger partial charge in [-0.1, -0.05) is 0 Å². The summed E-state index contributed by atoms with van der Waals surface area (Å²) >= 11 is 0. The molecule has 0 aliphatic carbocycles. The van der Waals surface area contributed by atoms with Gasteiger partial charge in [0.25, 0.3) is 0 Å². The van der Waals surface area contributed by atoms with Crippen molar-refractivity contribution in [3.05, 3.63) is 11.3 Å². The van der Waals surface area contributed by atoms with Gasteiger partial charge in [-0.3, -0.25) is 0 Å². The third kappa shape index (κ3) is 3.09. The van der Waals surface area contributed by atoms with Gasteiger partial charge in [-0.2, -0.15) is 0 Å². The predicted octanol–water partition coefficient (Wildman–Crippen LogP) is 2.47. The van der Waals surface area contributed by atoms with Crippen LogP contribution in [0.1, 0.15) is 26.7 Å². The summed E-state index contributed by atoms with van der Waals surface area (Å²) in [6.07, 6.45) is 1.44. The zero-order chi connectivity index (χ0) is 12.2. The lowest BCUT2D eigenvalue weighted by atomic mass is 10.1. The van der Waals surface area contributed by atoms with Crippen molar-refractivity contribution in [1.29, 1.82) is 0 Å². The third-order valence-corrected chi connectivity index (χ3v) is 4.38. The zero-order valence-corrected chi connectivity index (χ0v) is 10.7. The van der Waals surface area contributed by atoms with Crippen LogP contribution in [-0.4, -0.2) is 25.8 Å². The maximum absolute atomic E-state index is 12.1. The summed E-state index contributed by atoms with van der Waals surface area (Å²) in [5.41, 5.74) is 0.444. The van der Waals surface area contributed by atoms with Crippen molar-refractivity contribution in [1.82, 2.24) is 0 Å². The van der Waals surface area contributed by atoms with Gasteiger partial charge in [0.1, 0.15) is 5.76 Å². The fourth-order valence-corrected chi connectivity index (χ4v) is 3.33. The van der Waals surface area contributed by atoms with E-state index in [1.54, 1.807) is 13.8 Å². The Kier molecular flexibility index (Phi) is 4.56. The van der Waals surface area contributed by atoms with Gasteiger partial charge in [-0.25, -0.2) is 9.36 Å². The molecule has 6 heteroatoms. The van der Waals surface area contributed by atoms with Gasteiger partial charge in [-0.05, 0) is 26.7 Å². The third-order valence-electron chi connectivity index (χ3n) is 2.32. The molecule has 1 atom stereocenters. The molecule has 0 radical (unpaired) electrons. The lowest BCUT2D eigenvalue weighted by Crippen LogP contribution is -2.06. The van der Waals surface area contributed by atoms with Crippen molar-refractivity contribution < 1.29 is 23.1 Å². The maximum Gasteiger partial charge on any atom is 0.378 e. The predicted molar refractivity (Wildman–Crippen MR) is 59.1 cm³/mol. The van der Waals surface area contributed by atoms with E-state index in [9.17, 15) is 9.36 Å². The van der Waals surface area contributed by atoms with Gasteiger partial charge in [0.05, 0.1) is 25.5 Å². The molecule has 0 N–H and O–H groups in total. The maximum atomic E-state index is 12.1. The number of esters is 1. The van der Waals surface area contributed by atoms with E-state index in [1.807, 2.05) is 0 Å². The van der Waals surface area contributed by atoms with Crippen molar-refractivity contribution in [3.63, 3.8) is 0 Å². The van der Waals surface area contributed by atoms with Gasteiger partial charge in [-0.15, -0.1) is 0 Å². The molecule has 0 aromatic carbocycles. The van der Waals surface area contributed by atoms with Crippen LogP contribution in [0.5, 0.6) is 0 Å². The molecule has 0 saturated carbocycles.